The van der Waals surface area contributed by atoms with Gasteiger partial charge in [-0.25, -0.2) is 9.78 Å². The van der Waals surface area contributed by atoms with E-state index in [-0.39, 0.29) is 6.61 Å². The summed E-state index contributed by atoms with van der Waals surface area (Å²) in [7, 11) is 2.06. The Kier molecular flexibility index (Phi) is 5.40. The SMILES string of the molecule is C[C@@H](Oc1ccc(Br)cc1)C(=O)OCc1csc(N(C)C2CC2)n1. The van der Waals surface area contributed by atoms with Crippen molar-refractivity contribution < 1.29 is 14.3 Å². The standard InChI is InChI=1S/C17H19BrN2O3S/c1-11(23-15-7-3-12(18)4-8-15)16(21)22-9-13-10-24-17(19-13)20(2)14-5-6-14/h3-4,7-8,10-11,14H,5-6,9H2,1-2H3/t11-/m1/s1. The number of hydrogen-bond donors (Lipinski definition) is 0. The lowest BCUT2D eigenvalue weighted by Crippen LogP contribution is -2.26. The van der Waals surface area contributed by atoms with E-state index < -0.39 is 12.1 Å². The predicted octanol–water partition coefficient (Wildman–Crippen LogP) is 4.01. The third-order valence-electron chi connectivity index (χ3n) is 3.76. The van der Waals surface area contributed by atoms with Crippen LogP contribution in [0.4, 0.5) is 5.13 Å². The monoisotopic (exact) mass is 410 g/mol. The number of anilines is 1. The van der Waals surface area contributed by atoms with Crippen molar-refractivity contribution in [3.05, 3.63) is 39.8 Å². The molecule has 5 nitrogen and oxygen atoms in total. The van der Waals surface area contributed by atoms with Crippen LogP contribution in [0, 0.1) is 0 Å². The molecule has 2 aromatic rings. The summed E-state index contributed by atoms with van der Waals surface area (Å²) in [4.78, 5) is 18.8. The fraction of sp³-hybridized carbons (Fsp3) is 0.412. The van der Waals surface area contributed by atoms with E-state index in [0.29, 0.717) is 11.8 Å². The van der Waals surface area contributed by atoms with Crippen molar-refractivity contribution >= 4 is 38.4 Å². The van der Waals surface area contributed by atoms with Gasteiger partial charge in [-0.3, -0.25) is 0 Å². The van der Waals surface area contributed by atoms with E-state index in [1.807, 2.05) is 17.5 Å². The highest BCUT2D eigenvalue weighted by Gasteiger charge is 2.28. The largest absolute Gasteiger partial charge is 0.479 e. The van der Waals surface area contributed by atoms with Crippen LogP contribution in [0.15, 0.2) is 34.1 Å². The first-order chi connectivity index (χ1) is 11.5. The van der Waals surface area contributed by atoms with E-state index in [1.54, 1.807) is 30.4 Å². The number of carbonyl (C=O) groups excluding carboxylic acids is 1. The van der Waals surface area contributed by atoms with Crippen molar-refractivity contribution in [2.24, 2.45) is 0 Å². The summed E-state index contributed by atoms with van der Waals surface area (Å²) in [6.07, 6.45) is 1.79. The van der Waals surface area contributed by atoms with Crippen molar-refractivity contribution in [3.63, 3.8) is 0 Å². The molecule has 24 heavy (non-hydrogen) atoms. The molecule has 0 aliphatic heterocycles. The van der Waals surface area contributed by atoms with Gasteiger partial charge in [-0.2, -0.15) is 0 Å². The lowest BCUT2D eigenvalue weighted by molar-refractivity contribution is -0.152. The normalized spacial score (nSPS) is 15.0. The summed E-state index contributed by atoms with van der Waals surface area (Å²) in [6.45, 7) is 1.85. The van der Waals surface area contributed by atoms with Crippen molar-refractivity contribution in [1.29, 1.82) is 0 Å². The van der Waals surface area contributed by atoms with Crippen LogP contribution in [0.2, 0.25) is 0 Å². The molecule has 0 saturated heterocycles. The zero-order chi connectivity index (χ0) is 17.1. The molecule has 1 heterocycles. The van der Waals surface area contributed by atoms with Crippen molar-refractivity contribution in [2.45, 2.75) is 38.5 Å². The van der Waals surface area contributed by atoms with E-state index in [1.165, 1.54) is 12.8 Å². The molecule has 7 heteroatoms. The second kappa shape index (κ2) is 7.53. The van der Waals surface area contributed by atoms with Crippen LogP contribution < -0.4 is 9.64 Å². The average Bonchev–Trinajstić information content (AvgIpc) is 3.32. The third-order valence-corrected chi connectivity index (χ3v) is 5.27. The summed E-state index contributed by atoms with van der Waals surface area (Å²) >= 11 is 4.94. The number of carbonyl (C=O) groups is 1. The van der Waals surface area contributed by atoms with Crippen LogP contribution in [0.5, 0.6) is 5.75 Å². The second-order valence-electron chi connectivity index (χ2n) is 5.79. The van der Waals surface area contributed by atoms with Gasteiger partial charge < -0.3 is 14.4 Å². The molecule has 1 fully saturated rings. The molecule has 1 aromatic heterocycles. The van der Waals surface area contributed by atoms with E-state index in [0.717, 1.165) is 15.3 Å². The fourth-order valence-electron chi connectivity index (χ4n) is 2.17. The molecule has 0 bridgehead atoms. The summed E-state index contributed by atoms with van der Waals surface area (Å²) in [5, 5.41) is 2.91. The van der Waals surface area contributed by atoms with Crippen molar-refractivity contribution in [3.8, 4) is 5.75 Å². The van der Waals surface area contributed by atoms with Gasteiger partial charge in [-0.1, -0.05) is 15.9 Å². The molecule has 1 aliphatic rings. The fourth-order valence-corrected chi connectivity index (χ4v) is 3.28. The van der Waals surface area contributed by atoms with E-state index in [9.17, 15) is 4.79 Å². The zero-order valence-electron chi connectivity index (χ0n) is 13.6. The smallest absolute Gasteiger partial charge is 0.347 e. The maximum Gasteiger partial charge on any atom is 0.347 e. The third kappa shape index (κ3) is 4.48. The molecule has 0 N–H and O–H groups in total. The van der Waals surface area contributed by atoms with Crippen LogP contribution in [-0.2, 0) is 16.1 Å². The first-order valence-corrected chi connectivity index (χ1v) is 9.46. The Bertz CT molecular complexity index is 700. The minimum atomic E-state index is -0.668. The van der Waals surface area contributed by atoms with Gasteiger partial charge in [0, 0.05) is 22.9 Å². The Hall–Kier alpha value is -1.60. The van der Waals surface area contributed by atoms with Gasteiger partial charge in [-0.15, -0.1) is 11.3 Å². The van der Waals surface area contributed by atoms with Crippen molar-refractivity contribution in [1.82, 2.24) is 4.98 Å². The number of thiazole rings is 1. The number of rotatable bonds is 7. The molecular weight excluding hydrogens is 392 g/mol. The minimum Gasteiger partial charge on any atom is -0.479 e. The molecule has 0 spiro atoms. The maximum absolute atomic E-state index is 12.1. The lowest BCUT2D eigenvalue weighted by atomic mass is 10.3. The second-order valence-corrected chi connectivity index (χ2v) is 7.54. The number of hydrogen-bond acceptors (Lipinski definition) is 6. The van der Waals surface area contributed by atoms with Gasteiger partial charge in [0.25, 0.3) is 0 Å². The summed E-state index contributed by atoms with van der Waals surface area (Å²) < 4.78 is 11.8. The van der Waals surface area contributed by atoms with Crippen LogP contribution >= 0.6 is 27.3 Å². The van der Waals surface area contributed by atoms with Gasteiger partial charge in [0.05, 0.1) is 5.69 Å². The Morgan fingerprint density at radius 3 is 2.79 bits per heavy atom. The van der Waals surface area contributed by atoms with E-state index in [4.69, 9.17) is 9.47 Å². The maximum atomic E-state index is 12.1. The highest BCUT2D eigenvalue weighted by molar-refractivity contribution is 9.10. The molecule has 1 saturated carbocycles. The number of esters is 1. The van der Waals surface area contributed by atoms with Crippen LogP contribution in [-0.4, -0.2) is 30.1 Å². The first-order valence-electron chi connectivity index (χ1n) is 7.79. The zero-order valence-corrected chi connectivity index (χ0v) is 16.0. The highest BCUT2D eigenvalue weighted by atomic mass is 79.9. The minimum absolute atomic E-state index is 0.169. The molecule has 1 atom stereocenters. The predicted molar refractivity (Wildman–Crippen MR) is 97.6 cm³/mol. The molecule has 3 rings (SSSR count). The van der Waals surface area contributed by atoms with Crippen LogP contribution in [0.1, 0.15) is 25.5 Å². The van der Waals surface area contributed by atoms with Crippen molar-refractivity contribution in [2.75, 3.05) is 11.9 Å². The van der Waals surface area contributed by atoms with E-state index >= 15 is 0 Å². The molecular formula is C17H19BrN2O3S. The van der Waals surface area contributed by atoms with Crippen LogP contribution in [0.25, 0.3) is 0 Å². The average molecular weight is 411 g/mol. The van der Waals surface area contributed by atoms with Gasteiger partial charge in [0.1, 0.15) is 12.4 Å². The number of benzene rings is 1. The summed E-state index contributed by atoms with van der Waals surface area (Å²) in [6, 6.07) is 7.94. The summed E-state index contributed by atoms with van der Waals surface area (Å²) in [5.74, 6) is 0.229. The molecule has 1 aromatic carbocycles. The Morgan fingerprint density at radius 2 is 2.12 bits per heavy atom. The number of halogens is 1. The lowest BCUT2D eigenvalue weighted by Gasteiger charge is -2.14. The van der Waals surface area contributed by atoms with E-state index in [2.05, 4.69) is 32.9 Å². The number of aromatic nitrogens is 1. The topological polar surface area (TPSA) is 51.7 Å². The quantitative estimate of drug-likeness (QED) is 0.645. The van der Waals surface area contributed by atoms with Crippen LogP contribution in [0.3, 0.4) is 0 Å². The molecule has 0 unspecified atom stereocenters. The molecule has 128 valence electrons. The Labute approximate surface area is 153 Å². The summed E-state index contributed by atoms with van der Waals surface area (Å²) in [5.41, 5.74) is 0.770. The number of nitrogens with zero attached hydrogens (tertiary/aromatic N) is 2. The molecule has 0 amide bonds. The number of ether oxygens (including phenoxy) is 2. The van der Waals surface area contributed by atoms with Gasteiger partial charge in [0.15, 0.2) is 11.2 Å². The first kappa shape index (κ1) is 17.2. The highest BCUT2D eigenvalue weighted by Crippen LogP contribution is 2.32. The molecule has 1 aliphatic carbocycles. The Balaban J connectivity index is 1.48. The van der Waals surface area contributed by atoms with Gasteiger partial charge in [0.2, 0.25) is 0 Å². The van der Waals surface area contributed by atoms with Gasteiger partial charge in [-0.05, 0) is 44.0 Å². The Morgan fingerprint density at radius 1 is 1.42 bits per heavy atom. The van der Waals surface area contributed by atoms with Gasteiger partial charge >= 0.3 is 5.97 Å². The molecule has 0 radical (unpaired) electrons.